The van der Waals surface area contributed by atoms with E-state index >= 15 is 0 Å². The third-order valence-electron chi connectivity index (χ3n) is 13.7. The highest BCUT2D eigenvalue weighted by Gasteiger charge is 2.30. The van der Waals surface area contributed by atoms with Crippen molar-refractivity contribution in [1.29, 1.82) is 0 Å². The smallest absolute Gasteiger partial charge is 0.334 e. The Morgan fingerprint density at radius 2 is 1.04 bits per heavy atom. The third kappa shape index (κ3) is 13.1. The summed E-state index contributed by atoms with van der Waals surface area (Å²) in [6.07, 6.45) is 18.0. The van der Waals surface area contributed by atoms with Crippen LogP contribution in [0.25, 0.3) is 12.2 Å². The van der Waals surface area contributed by atoms with Gasteiger partial charge in [-0.3, -0.25) is 0 Å². The predicted molar refractivity (Wildman–Crippen MR) is 277 cm³/mol. The van der Waals surface area contributed by atoms with Gasteiger partial charge >= 0.3 is 11.9 Å². The van der Waals surface area contributed by atoms with E-state index in [4.69, 9.17) is 28.9 Å². The Kier molecular flexibility index (Phi) is 16.6. The highest BCUT2D eigenvalue weighted by Crippen LogP contribution is 2.35. The van der Waals surface area contributed by atoms with E-state index in [0.29, 0.717) is 46.2 Å². The van der Waals surface area contributed by atoms with Crippen LogP contribution >= 0.6 is 0 Å². The van der Waals surface area contributed by atoms with Crippen LogP contribution in [0.1, 0.15) is 82.8 Å². The van der Waals surface area contributed by atoms with Crippen LogP contribution in [0.2, 0.25) is 0 Å². The molecule has 4 heterocycles. The zero-order valence-electron chi connectivity index (χ0n) is 41.6. The van der Waals surface area contributed by atoms with Crippen molar-refractivity contribution in [2.75, 3.05) is 112 Å². The van der Waals surface area contributed by atoms with Gasteiger partial charge < -0.3 is 59.8 Å². The molecule has 2 aliphatic heterocycles. The van der Waals surface area contributed by atoms with Gasteiger partial charge in [-0.1, -0.05) is 32.6 Å². The molecule has 0 atom stereocenters. The van der Waals surface area contributed by atoms with Crippen molar-refractivity contribution >= 4 is 70.4 Å². The van der Waals surface area contributed by atoms with Crippen molar-refractivity contribution in [1.82, 2.24) is 29.7 Å². The molecular weight excluding hydrogens is 889 g/mol. The topological polar surface area (TPSA) is 184 Å². The molecular formula is C52H70N12O6. The normalized spacial score (nSPS) is 17.6. The van der Waals surface area contributed by atoms with E-state index in [1.54, 1.807) is 52.6 Å². The summed E-state index contributed by atoms with van der Waals surface area (Å²) in [4.78, 5) is 55.1. The minimum atomic E-state index is -1.55. The maximum Gasteiger partial charge on any atom is 0.334 e. The minimum absolute atomic E-state index is 0.210. The summed E-state index contributed by atoms with van der Waals surface area (Å²) in [5.41, 5.74) is 4.89. The molecule has 4 N–H and O–H groups in total. The number of likely N-dealkylation sites (N-methyl/N-ethyl adjacent to an activating group) is 2. The second-order valence-electron chi connectivity index (χ2n) is 18.8. The molecule has 374 valence electrons. The summed E-state index contributed by atoms with van der Waals surface area (Å²) in [5, 5.41) is 13.8. The van der Waals surface area contributed by atoms with Gasteiger partial charge in [0.15, 0.2) is 0 Å². The monoisotopic (exact) mass is 959 g/mol. The van der Waals surface area contributed by atoms with E-state index < -0.39 is 17.7 Å². The average molecular weight is 959 g/mol. The molecule has 0 bridgehead atoms. The summed E-state index contributed by atoms with van der Waals surface area (Å²) in [5.74, 6) is 0.374. The van der Waals surface area contributed by atoms with E-state index in [1.165, 1.54) is 12.2 Å². The van der Waals surface area contributed by atoms with Crippen molar-refractivity contribution in [3.8, 4) is 11.5 Å². The van der Waals surface area contributed by atoms with Gasteiger partial charge in [0.05, 0.1) is 25.6 Å². The number of piperazine rings is 2. The van der Waals surface area contributed by atoms with E-state index in [-0.39, 0.29) is 18.5 Å². The van der Waals surface area contributed by atoms with Crippen molar-refractivity contribution < 1.29 is 28.5 Å². The number of carbonyl (C=O) groups is 2. The van der Waals surface area contributed by atoms with Gasteiger partial charge in [-0.2, -0.15) is 9.97 Å². The van der Waals surface area contributed by atoms with Gasteiger partial charge in [-0.25, -0.2) is 19.6 Å². The number of methoxy groups -OCH3 is 2. The van der Waals surface area contributed by atoms with Gasteiger partial charge in [-0.15, -0.1) is 0 Å². The molecule has 4 fully saturated rings. The lowest BCUT2D eigenvalue weighted by atomic mass is 10.2. The van der Waals surface area contributed by atoms with Crippen LogP contribution in [0.3, 0.4) is 0 Å². The Labute approximate surface area is 412 Å². The highest BCUT2D eigenvalue weighted by atomic mass is 16.7. The Balaban J connectivity index is 0.917. The third-order valence-corrected chi connectivity index (χ3v) is 13.7. The van der Waals surface area contributed by atoms with Gasteiger partial charge in [0.1, 0.15) is 23.1 Å². The molecule has 70 heavy (non-hydrogen) atoms. The number of nitrogens with one attached hydrogen (secondary N) is 4. The zero-order chi connectivity index (χ0) is 49.0. The molecule has 0 amide bonds. The molecule has 2 aromatic heterocycles. The number of hydrogen-bond acceptors (Lipinski definition) is 18. The quantitative estimate of drug-likeness (QED) is 0.0403. The highest BCUT2D eigenvalue weighted by molar-refractivity contribution is 5.90. The summed E-state index contributed by atoms with van der Waals surface area (Å²) < 4.78 is 23.2. The first-order chi connectivity index (χ1) is 34.0. The number of ether oxygens (including phenoxy) is 4. The van der Waals surface area contributed by atoms with Gasteiger partial charge in [0.2, 0.25) is 11.9 Å². The maximum absolute atomic E-state index is 13.4. The number of carbonyl (C=O) groups excluding carboxylic acids is 2. The number of hydrogen-bond donors (Lipinski definition) is 4. The molecule has 2 aliphatic carbocycles. The fraction of sp³-hybridized carbons (Fsp3) is 0.500. The average Bonchev–Trinajstić information content (AvgIpc) is 4.09. The van der Waals surface area contributed by atoms with E-state index in [0.717, 1.165) is 126 Å². The van der Waals surface area contributed by atoms with Crippen molar-refractivity contribution in [3.05, 3.63) is 72.1 Å². The molecule has 8 rings (SSSR count). The minimum Gasteiger partial charge on any atom is -0.494 e. The molecule has 4 aromatic rings. The molecule has 18 nitrogen and oxygen atoms in total. The molecule has 18 heteroatoms. The summed E-state index contributed by atoms with van der Waals surface area (Å²) in [7, 11) is 7.59. The van der Waals surface area contributed by atoms with Crippen LogP contribution in [0.4, 0.5) is 46.3 Å². The first kappa shape index (κ1) is 49.8. The maximum atomic E-state index is 13.4. The van der Waals surface area contributed by atoms with Crippen LogP contribution in [0.15, 0.2) is 60.9 Å². The number of nitrogens with zero attached hydrogens (tertiary/aromatic N) is 8. The summed E-state index contributed by atoms with van der Waals surface area (Å²) >= 11 is 0. The first-order valence-electron chi connectivity index (χ1n) is 24.8. The van der Waals surface area contributed by atoms with Crippen molar-refractivity contribution in [2.24, 2.45) is 0 Å². The van der Waals surface area contributed by atoms with Gasteiger partial charge in [0, 0.05) is 137 Å². The predicted octanol–water partition coefficient (Wildman–Crippen LogP) is 7.92. The zero-order valence-corrected chi connectivity index (χ0v) is 41.6. The molecule has 0 unspecified atom stereocenters. The lowest BCUT2D eigenvalue weighted by Gasteiger charge is -2.34. The molecule has 4 aliphatic rings. The van der Waals surface area contributed by atoms with Crippen LogP contribution in [-0.2, 0) is 19.1 Å². The second-order valence-corrected chi connectivity index (χ2v) is 18.8. The Morgan fingerprint density at radius 1 is 0.643 bits per heavy atom. The van der Waals surface area contributed by atoms with Crippen molar-refractivity contribution in [2.45, 2.75) is 89.5 Å². The van der Waals surface area contributed by atoms with Gasteiger partial charge in [-0.05, 0) is 76.2 Å². The molecule has 2 saturated carbocycles. The number of anilines is 8. The summed E-state index contributed by atoms with van der Waals surface area (Å²) in [6, 6.07) is 12.7. The van der Waals surface area contributed by atoms with Crippen LogP contribution in [0.5, 0.6) is 11.5 Å². The van der Waals surface area contributed by atoms with Crippen LogP contribution in [-0.4, -0.2) is 140 Å². The number of esters is 2. The Morgan fingerprint density at radius 3 is 1.41 bits per heavy atom. The lowest BCUT2D eigenvalue weighted by Crippen LogP contribution is -2.44. The number of rotatable bonds is 19. The molecule has 0 radical (unpaired) electrons. The second kappa shape index (κ2) is 23.3. The lowest BCUT2D eigenvalue weighted by molar-refractivity contribution is -0.216. The molecule has 2 saturated heterocycles. The Hall–Kier alpha value is -6.66. The largest absolute Gasteiger partial charge is 0.494 e. The standard InChI is InChI=1S/C52H70N12O6/c1-7-52(2,69-46(65)22-16-36-34-53-50(59-48(36)55-38-12-8-9-13-38)57-42-20-18-40(32-44(42)67-5)63-28-24-61(3)25-29-63)70-47(66)23-17-37-35-54-51(60-49(37)56-39-14-10-11-15-39)58-43-21-19-41(33-45(43)68-6)64-30-26-62(4)27-31-64/h16-23,32-35,38-39H,7-15,24-31H2,1-6H3,(H2,53,55,57,59)(H2,54,56,58,60)/b22-16+,23-17+. The Bertz CT molecular complexity index is 2310. The fourth-order valence-electron chi connectivity index (χ4n) is 9.21. The number of benzene rings is 2. The van der Waals surface area contributed by atoms with Crippen LogP contribution in [0, 0.1) is 0 Å². The van der Waals surface area contributed by atoms with E-state index in [1.807, 2.05) is 24.3 Å². The SMILES string of the molecule is CCC(C)(OC(=O)/C=C/c1cnc(Nc2ccc(N3CCN(C)CC3)cc2OC)nc1NC1CCCC1)OC(=O)/C=C/c1cnc(Nc2ccc(N3CCN(C)CC3)cc2OC)nc1NC1CCCC1. The van der Waals surface area contributed by atoms with Gasteiger partial charge in [0.25, 0.3) is 5.79 Å². The molecule has 0 spiro atoms. The van der Waals surface area contributed by atoms with E-state index in [2.05, 4.69) is 77.1 Å². The first-order valence-corrected chi connectivity index (χ1v) is 24.8. The van der Waals surface area contributed by atoms with E-state index in [9.17, 15) is 9.59 Å². The number of aromatic nitrogens is 4. The fourth-order valence-corrected chi connectivity index (χ4v) is 9.21. The summed E-state index contributed by atoms with van der Waals surface area (Å²) in [6.45, 7) is 11.2. The van der Waals surface area contributed by atoms with Crippen molar-refractivity contribution in [3.63, 3.8) is 0 Å². The molecule has 2 aromatic carbocycles. The van der Waals surface area contributed by atoms with Crippen LogP contribution < -0.4 is 40.5 Å².